The van der Waals surface area contributed by atoms with Gasteiger partial charge in [0.2, 0.25) is 10.9 Å². The molecule has 210 valence electrons. The highest BCUT2D eigenvalue weighted by atomic mass is 32.1. The van der Waals surface area contributed by atoms with Crippen LogP contribution in [0.15, 0.2) is 69.9 Å². The van der Waals surface area contributed by atoms with Crippen LogP contribution < -0.4 is 15.2 Å². The third-order valence-corrected chi connectivity index (χ3v) is 9.28. The largest absolute Gasteiger partial charge is 0.450 e. The van der Waals surface area contributed by atoms with Gasteiger partial charge in [-0.25, -0.2) is 0 Å². The Morgan fingerprint density at radius 2 is 1.67 bits per heavy atom. The number of anilines is 2. The summed E-state index contributed by atoms with van der Waals surface area (Å²) in [5, 5.41) is 10.0. The molecule has 0 aliphatic carbocycles. The molecule has 5 aromatic rings. The minimum absolute atomic E-state index is 0.0272. The second-order valence-electron chi connectivity index (χ2n) is 11.0. The van der Waals surface area contributed by atoms with Crippen LogP contribution in [0.1, 0.15) is 62.3 Å². The summed E-state index contributed by atoms with van der Waals surface area (Å²) in [4.78, 5) is 46.9. The zero-order valence-electron chi connectivity index (χ0n) is 23.7. The summed E-state index contributed by atoms with van der Waals surface area (Å²) < 4.78 is 6.25. The normalized spacial score (nSPS) is 17.5. The first kappa shape index (κ1) is 26.3. The molecule has 3 aromatic carbocycles. The smallest absolute Gasteiger partial charge is 0.297 e. The van der Waals surface area contributed by atoms with Gasteiger partial charge in [0.1, 0.15) is 10.6 Å². The third kappa shape index (κ3) is 3.56. The summed E-state index contributed by atoms with van der Waals surface area (Å²) in [6, 6.07) is 18.9. The molecule has 1 atom stereocenters. The quantitative estimate of drug-likeness (QED) is 0.256. The van der Waals surface area contributed by atoms with Crippen LogP contribution in [0.25, 0.3) is 11.0 Å². The number of rotatable bonds is 5. The predicted molar refractivity (Wildman–Crippen MR) is 162 cm³/mol. The lowest BCUT2D eigenvalue weighted by molar-refractivity contribution is -0.121. The molecule has 0 saturated heterocycles. The molecular weight excluding hydrogens is 548 g/mol. The first-order chi connectivity index (χ1) is 20.2. The molecule has 7 rings (SSSR count). The first-order valence-corrected chi connectivity index (χ1v) is 14.8. The molecule has 2 aliphatic heterocycles. The molecule has 1 spiro atoms. The van der Waals surface area contributed by atoms with E-state index in [1.54, 1.807) is 17.0 Å². The molecule has 0 fully saturated rings. The van der Waals surface area contributed by atoms with E-state index >= 15 is 0 Å². The molecule has 0 radical (unpaired) electrons. The van der Waals surface area contributed by atoms with E-state index in [0.717, 1.165) is 33.7 Å². The number of benzene rings is 3. The Kier molecular flexibility index (Phi) is 5.92. The van der Waals surface area contributed by atoms with Crippen molar-refractivity contribution in [3.8, 4) is 0 Å². The second-order valence-corrected chi connectivity index (χ2v) is 12.1. The average molecular weight is 577 g/mol. The van der Waals surface area contributed by atoms with Crippen LogP contribution in [0.4, 0.5) is 10.8 Å². The Morgan fingerprint density at radius 1 is 0.929 bits per heavy atom. The van der Waals surface area contributed by atoms with Crippen molar-refractivity contribution in [2.24, 2.45) is 0 Å². The first-order valence-electron chi connectivity index (χ1n) is 14.0. The highest BCUT2D eigenvalue weighted by Crippen LogP contribution is 2.54. The molecule has 8 nitrogen and oxygen atoms in total. The molecule has 4 heterocycles. The molecule has 9 heteroatoms. The number of aryl methyl sites for hydroxylation is 4. The number of amides is 2. The van der Waals surface area contributed by atoms with Crippen LogP contribution in [-0.4, -0.2) is 22.0 Å². The number of carbonyl (C=O) groups is 2. The molecule has 2 aromatic heterocycles. The second kappa shape index (κ2) is 9.46. The van der Waals surface area contributed by atoms with Crippen LogP contribution in [0.3, 0.4) is 0 Å². The van der Waals surface area contributed by atoms with Crippen LogP contribution in [0.2, 0.25) is 0 Å². The van der Waals surface area contributed by atoms with E-state index in [9.17, 15) is 14.4 Å². The lowest BCUT2D eigenvalue weighted by atomic mass is 9.84. The predicted octanol–water partition coefficient (Wildman–Crippen LogP) is 5.97. The monoisotopic (exact) mass is 576 g/mol. The molecule has 2 aliphatic rings. The number of para-hydroxylation sites is 1. The lowest BCUT2D eigenvalue weighted by Crippen LogP contribution is -2.53. The van der Waals surface area contributed by atoms with Crippen LogP contribution in [-0.2, 0) is 23.3 Å². The molecule has 0 saturated carbocycles. The maximum atomic E-state index is 15.0. The number of hydrogen-bond donors (Lipinski definition) is 0. The minimum atomic E-state index is -1.79. The van der Waals surface area contributed by atoms with Gasteiger partial charge in [-0.2, -0.15) is 0 Å². The Bertz CT molecular complexity index is 1990. The Balaban J connectivity index is 1.54. The SMILES string of the molecule is CCCc1nnc(N2C(=O)c3oc4cc(C)c(C)cc4c(=O)c3C23C(=O)N(Cc2ccc(C)cc2)c2ccccc23)s1. The molecule has 0 bridgehead atoms. The van der Waals surface area contributed by atoms with Gasteiger partial charge >= 0.3 is 0 Å². The minimum Gasteiger partial charge on any atom is -0.450 e. The van der Waals surface area contributed by atoms with Gasteiger partial charge in [0.15, 0.2) is 11.0 Å². The van der Waals surface area contributed by atoms with Gasteiger partial charge < -0.3 is 9.32 Å². The van der Waals surface area contributed by atoms with Gasteiger partial charge in [-0.1, -0.05) is 66.3 Å². The summed E-state index contributed by atoms with van der Waals surface area (Å²) in [6.45, 7) is 8.16. The Morgan fingerprint density at radius 3 is 2.43 bits per heavy atom. The maximum Gasteiger partial charge on any atom is 0.297 e. The van der Waals surface area contributed by atoms with Crippen molar-refractivity contribution in [3.05, 3.63) is 115 Å². The van der Waals surface area contributed by atoms with Crippen molar-refractivity contribution in [1.29, 1.82) is 0 Å². The number of carbonyl (C=O) groups excluding carboxylic acids is 2. The van der Waals surface area contributed by atoms with Crippen molar-refractivity contribution >= 4 is 44.9 Å². The summed E-state index contributed by atoms with van der Waals surface area (Å²) in [5.74, 6) is -1.12. The summed E-state index contributed by atoms with van der Waals surface area (Å²) in [5.41, 5.74) is 3.20. The van der Waals surface area contributed by atoms with Crippen LogP contribution >= 0.6 is 11.3 Å². The van der Waals surface area contributed by atoms with E-state index in [0.29, 0.717) is 28.6 Å². The summed E-state index contributed by atoms with van der Waals surface area (Å²) >= 11 is 1.26. The Labute approximate surface area is 246 Å². The van der Waals surface area contributed by atoms with Gasteiger partial charge in [0, 0.05) is 12.0 Å². The summed E-state index contributed by atoms with van der Waals surface area (Å²) in [7, 11) is 0. The molecule has 0 N–H and O–H groups in total. The maximum absolute atomic E-state index is 15.0. The third-order valence-electron chi connectivity index (χ3n) is 8.31. The molecule has 1 unspecified atom stereocenters. The van der Waals surface area contributed by atoms with E-state index in [4.69, 9.17) is 4.42 Å². The van der Waals surface area contributed by atoms with E-state index in [-0.39, 0.29) is 23.0 Å². The fraction of sp³-hybridized carbons (Fsp3) is 0.242. The van der Waals surface area contributed by atoms with Gasteiger partial charge in [-0.05, 0) is 62.1 Å². The van der Waals surface area contributed by atoms with E-state index in [1.165, 1.54) is 16.2 Å². The fourth-order valence-electron chi connectivity index (χ4n) is 6.10. The number of aromatic nitrogens is 2. The number of fused-ring (bicyclic) bond motifs is 5. The highest BCUT2D eigenvalue weighted by molar-refractivity contribution is 7.15. The lowest BCUT2D eigenvalue weighted by Gasteiger charge is -2.32. The van der Waals surface area contributed by atoms with Crippen molar-refractivity contribution in [2.45, 2.75) is 52.6 Å². The zero-order chi connectivity index (χ0) is 29.3. The van der Waals surface area contributed by atoms with Crippen molar-refractivity contribution < 1.29 is 14.0 Å². The van der Waals surface area contributed by atoms with Gasteiger partial charge in [-0.15, -0.1) is 10.2 Å². The van der Waals surface area contributed by atoms with E-state index in [2.05, 4.69) is 10.2 Å². The summed E-state index contributed by atoms with van der Waals surface area (Å²) in [6.07, 6.45) is 1.54. The van der Waals surface area contributed by atoms with E-state index < -0.39 is 22.8 Å². The molecular formula is C33H28N4O4S. The zero-order valence-corrected chi connectivity index (χ0v) is 24.5. The number of nitrogens with zero attached hydrogens (tertiary/aromatic N) is 4. The Hall–Kier alpha value is -4.63. The van der Waals surface area contributed by atoms with Crippen molar-refractivity contribution in [1.82, 2.24) is 10.2 Å². The van der Waals surface area contributed by atoms with Gasteiger partial charge in [0.05, 0.1) is 23.2 Å². The molecule has 2 amide bonds. The highest BCUT2D eigenvalue weighted by Gasteiger charge is 2.66. The fourth-order valence-corrected chi connectivity index (χ4v) is 7.09. The van der Waals surface area contributed by atoms with Crippen molar-refractivity contribution in [2.75, 3.05) is 9.80 Å². The van der Waals surface area contributed by atoms with Gasteiger partial charge in [0.25, 0.3) is 11.8 Å². The standard InChI is InChI=1S/C33H28N4O4S/c1-5-8-26-34-35-32(42-26)37-30(39)29-27(28(38)22-15-19(3)20(4)16-25(22)41-29)33(37)23-9-6-7-10-24(23)36(31(33)40)17-21-13-11-18(2)12-14-21/h6-7,9-16H,5,8,17H2,1-4H3. The van der Waals surface area contributed by atoms with Gasteiger partial charge in [-0.3, -0.25) is 19.3 Å². The van der Waals surface area contributed by atoms with Crippen LogP contribution in [0.5, 0.6) is 0 Å². The van der Waals surface area contributed by atoms with Crippen molar-refractivity contribution in [3.63, 3.8) is 0 Å². The molecule has 42 heavy (non-hydrogen) atoms. The van der Waals surface area contributed by atoms with Crippen LogP contribution in [0, 0.1) is 20.8 Å². The van der Waals surface area contributed by atoms with E-state index in [1.807, 2.05) is 76.2 Å². The number of hydrogen-bond acceptors (Lipinski definition) is 7. The average Bonchev–Trinajstić information content (AvgIpc) is 3.61. The topological polar surface area (TPSA) is 96.6 Å².